The van der Waals surface area contributed by atoms with E-state index in [9.17, 15) is 12.8 Å². The number of piperidine rings is 1. The van der Waals surface area contributed by atoms with Crippen molar-refractivity contribution >= 4 is 26.6 Å². The van der Waals surface area contributed by atoms with Crippen molar-refractivity contribution in [1.82, 2.24) is 9.47 Å². The average molecular weight is 430 g/mol. The summed E-state index contributed by atoms with van der Waals surface area (Å²) in [5, 5.41) is 1.13. The van der Waals surface area contributed by atoms with Gasteiger partial charge in [-0.05, 0) is 62.1 Å². The fourth-order valence-corrected chi connectivity index (χ4v) is 5.02. The first-order valence-electron chi connectivity index (χ1n) is 10.3. The standard InChI is InChI=1S/C23H28FN3O2S/c1-17-15-19-5-8-21(25-30(2,28)29)16-23(19)27(17)22-10-13-26(14-11-22)12-9-18-3-6-20(24)7-4-18/h3-8,15-16,22,25H,9-14H2,1-2H3. The minimum atomic E-state index is -3.30. The minimum absolute atomic E-state index is 0.191. The zero-order valence-corrected chi connectivity index (χ0v) is 18.3. The van der Waals surface area contributed by atoms with Gasteiger partial charge in [0.05, 0.1) is 17.5 Å². The molecule has 0 amide bonds. The van der Waals surface area contributed by atoms with Crippen LogP contribution in [0.15, 0.2) is 48.5 Å². The lowest BCUT2D eigenvalue weighted by Crippen LogP contribution is -2.36. The number of nitrogens with zero attached hydrogens (tertiary/aromatic N) is 2. The highest BCUT2D eigenvalue weighted by Gasteiger charge is 2.23. The van der Waals surface area contributed by atoms with Gasteiger partial charge < -0.3 is 9.47 Å². The predicted octanol–water partition coefficient (Wildman–Crippen LogP) is 4.34. The number of benzene rings is 2. The van der Waals surface area contributed by atoms with Gasteiger partial charge >= 0.3 is 0 Å². The van der Waals surface area contributed by atoms with Gasteiger partial charge in [0, 0.05) is 36.8 Å². The number of rotatable bonds is 6. The molecule has 4 rings (SSSR count). The van der Waals surface area contributed by atoms with Gasteiger partial charge in [0.2, 0.25) is 10.0 Å². The topological polar surface area (TPSA) is 54.3 Å². The van der Waals surface area contributed by atoms with E-state index in [1.54, 1.807) is 0 Å². The van der Waals surface area contributed by atoms with Crippen molar-refractivity contribution < 1.29 is 12.8 Å². The lowest BCUT2D eigenvalue weighted by atomic mass is 10.0. The Labute approximate surface area is 177 Å². The number of fused-ring (bicyclic) bond motifs is 1. The first-order valence-corrected chi connectivity index (χ1v) is 12.2. The van der Waals surface area contributed by atoms with Crippen molar-refractivity contribution in [2.45, 2.75) is 32.2 Å². The predicted molar refractivity (Wildman–Crippen MR) is 120 cm³/mol. The largest absolute Gasteiger partial charge is 0.342 e. The molecular formula is C23H28FN3O2S. The van der Waals surface area contributed by atoms with Crippen molar-refractivity contribution in [3.8, 4) is 0 Å². The quantitative estimate of drug-likeness (QED) is 0.634. The molecule has 3 aromatic rings. The average Bonchev–Trinajstić information content (AvgIpc) is 3.02. The number of nitrogens with one attached hydrogen (secondary N) is 1. The Morgan fingerprint density at radius 1 is 1.07 bits per heavy atom. The molecule has 7 heteroatoms. The summed E-state index contributed by atoms with van der Waals surface area (Å²) in [5.41, 5.74) is 4.04. The maximum Gasteiger partial charge on any atom is 0.229 e. The highest BCUT2D eigenvalue weighted by Crippen LogP contribution is 2.32. The van der Waals surface area contributed by atoms with Gasteiger partial charge in [-0.1, -0.05) is 18.2 Å². The molecule has 1 N–H and O–H groups in total. The van der Waals surface area contributed by atoms with Crippen molar-refractivity contribution in [2.75, 3.05) is 30.6 Å². The van der Waals surface area contributed by atoms with Crippen molar-refractivity contribution in [3.63, 3.8) is 0 Å². The lowest BCUT2D eigenvalue weighted by Gasteiger charge is -2.34. The highest BCUT2D eigenvalue weighted by molar-refractivity contribution is 7.92. The normalized spacial score (nSPS) is 16.2. The molecule has 30 heavy (non-hydrogen) atoms. The molecule has 5 nitrogen and oxygen atoms in total. The Balaban J connectivity index is 1.44. The van der Waals surface area contributed by atoms with E-state index in [0.717, 1.165) is 55.4 Å². The Bertz CT molecular complexity index is 1130. The molecule has 0 unspecified atom stereocenters. The summed E-state index contributed by atoms with van der Waals surface area (Å²) < 4.78 is 41.2. The molecule has 1 aliphatic rings. The summed E-state index contributed by atoms with van der Waals surface area (Å²) in [4.78, 5) is 2.47. The molecule has 0 bridgehead atoms. The van der Waals surface area contributed by atoms with Crippen LogP contribution in [0.5, 0.6) is 0 Å². The highest BCUT2D eigenvalue weighted by atomic mass is 32.2. The van der Waals surface area contributed by atoms with E-state index < -0.39 is 10.0 Å². The Hall–Kier alpha value is -2.38. The molecule has 160 valence electrons. The molecule has 0 spiro atoms. The summed E-state index contributed by atoms with van der Waals surface area (Å²) in [6.07, 6.45) is 4.20. The molecule has 0 aliphatic carbocycles. The number of halogens is 1. The number of aromatic nitrogens is 1. The molecule has 2 aromatic carbocycles. The molecule has 1 aliphatic heterocycles. The zero-order valence-electron chi connectivity index (χ0n) is 17.4. The van der Waals surface area contributed by atoms with Crippen LogP contribution in [0, 0.1) is 12.7 Å². The van der Waals surface area contributed by atoms with Crippen LogP contribution in [0.2, 0.25) is 0 Å². The lowest BCUT2D eigenvalue weighted by molar-refractivity contribution is 0.189. The molecule has 0 atom stereocenters. The second kappa shape index (κ2) is 8.40. The van der Waals surface area contributed by atoms with Crippen LogP contribution >= 0.6 is 0 Å². The number of likely N-dealkylation sites (tertiary alicyclic amines) is 1. The van der Waals surface area contributed by atoms with Crippen LogP contribution < -0.4 is 4.72 Å². The van der Waals surface area contributed by atoms with Gasteiger partial charge in [-0.25, -0.2) is 12.8 Å². The van der Waals surface area contributed by atoms with Gasteiger partial charge in [-0.15, -0.1) is 0 Å². The van der Waals surface area contributed by atoms with Crippen LogP contribution in [0.25, 0.3) is 10.9 Å². The van der Waals surface area contributed by atoms with Crippen LogP contribution in [0.4, 0.5) is 10.1 Å². The first-order chi connectivity index (χ1) is 14.3. The summed E-state index contributed by atoms with van der Waals surface area (Å²) in [6.45, 7) is 5.13. The molecule has 1 fully saturated rings. The van der Waals surface area contributed by atoms with Gasteiger partial charge in [0.15, 0.2) is 0 Å². The first kappa shape index (κ1) is 20.9. The molecule has 2 heterocycles. The molecule has 1 saturated heterocycles. The van der Waals surface area contributed by atoms with Crippen LogP contribution in [0.1, 0.15) is 30.1 Å². The van der Waals surface area contributed by atoms with E-state index in [-0.39, 0.29) is 5.82 Å². The van der Waals surface area contributed by atoms with Crippen molar-refractivity contribution in [2.24, 2.45) is 0 Å². The number of hydrogen-bond acceptors (Lipinski definition) is 3. The Kier molecular flexibility index (Phi) is 5.84. The zero-order chi connectivity index (χ0) is 21.3. The van der Waals surface area contributed by atoms with E-state index in [1.165, 1.54) is 24.1 Å². The van der Waals surface area contributed by atoms with Gasteiger partial charge in [0.25, 0.3) is 0 Å². The molecule has 0 radical (unpaired) electrons. The monoisotopic (exact) mass is 429 g/mol. The van der Waals surface area contributed by atoms with Crippen molar-refractivity contribution in [1.29, 1.82) is 0 Å². The third kappa shape index (κ3) is 4.84. The summed E-state index contributed by atoms with van der Waals surface area (Å²) in [5.74, 6) is -0.191. The fraction of sp³-hybridized carbons (Fsp3) is 0.391. The van der Waals surface area contributed by atoms with E-state index >= 15 is 0 Å². The fourth-order valence-electron chi connectivity index (χ4n) is 4.46. The Morgan fingerprint density at radius 3 is 2.43 bits per heavy atom. The number of aryl methyl sites for hydroxylation is 1. The third-order valence-corrected chi connectivity index (χ3v) is 6.50. The number of hydrogen-bond donors (Lipinski definition) is 1. The van der Waals surface area contributed by atoms with E-state index in [1.807, 2.05) is 30.3 Å². The van der Waals surface area contributed by atoms with E-state index in [4.69, 9.17) is 0 Å². The maximum atomic E-state index is 13.1. The summed E-state index contributed by atoms with van der Waals surface area (Å²) in [6, 6.07) is 15.1. The van der Waals surface area contributed by atoms with Crippen molar-refractivity contribution in [3.05, 3.63) is 65.6 Å². The second-order valence-corrected chi connectivity index (χ2v) is 10.0. The van der Waals surface area contributed by atoms with Crippen LogP contribution in [-0.4, -0.2) is 43.8 Å². The summed E-state index contributed by atoms with van der Waals surface area (Å²) in [7, 11) is -3.30. The second-order valence-electron chi connectivity index (χ2n) is 8.25. The molecule has 1 aromatic heterocycles. The molecule has 0 saturated carbocycles. The number of sulfonamides is 1. The SMILES string of the molecule is Cc1cc2ccc(NS(C)(=O)=O)cc2n1C1CCN(CCc2ccc(F)cc2)CC1. The van der Waals surface area contributed by atoms with Gasteiger partial charge in [-0.3, -0.25) is 4.72 Å². The third-order valence-electron chi connectivity index (χ3n) is 5.89. The van der Waals surface area contributed by atoms with Crippen LogP contribution in [0.3, 0.4) is 0 Å². The molecular weight excluding hydrogens is 401 g/mol. The van der Waals surface area contributed by atoms with Gasteiger partial charge in [-0.2, -0.15) is 0 Å². The Morgan fingerprint density at radius 2 is 1.77 bits per heavy atom. The smallest absolute Gasteiger partial charge is 0.229 e. The van der Waals surface area contributed by atoms with E-state index in [0.29, 0.717) is 11.7 Å². The van der Waals surface area contributed by atoms with E-state index in [2.05, 4.69) is 27.2 Å². The minimum Gasteiger partial charge on any atom is -0.342 e. The maximum absolute atomic E-state index is 13.1. The van der Waals surface area contributed by atoms with Gasteiger partial charge in [0.1, 0.15) is 5.82 Å². The summed E-state index contributed by atoms with van der Waals surface area (Å²) >= 11 is 0. The number of anilines is 1. The van der Waals surface area contributed by atoms with Crippen LogP contribution in [-0.2, 0) is 16.4 Å².